The Morgan fingerprint density at radius 1 is 1.44 bits per heavy atom. The molecule has 0 saturated heterocycles. The van der Waals surface area contributed by atoms with Gasteiger partial charge < -0.3 is 0 Å². The predicted molar refractivity (Wildman–Crippen MR) is 65.1 cm³/mol. The summed E-state index contributed by atoms with van der Waals surface area (Å²) in [6.45, 7) is 9.56. The number of carbonyl (C=O) groups is 2. The monoisotopic (exact) mass is 225 g/mol. The Hall–Kier alpha value is -0.660. The molecule has 0 aliphatic heterocycles. The van der Waals surface area contributed by atoms with Crippen LogP contribution in [0.4, 0.5) is 0 Å². The average Bonchev–Trinajstić information content (AvgIpc) is 2.19. The van der Waals surface area contributed by atoms with E-state index in [2.05, 4.69) is 0 Å². The third kappa shape index (κ3) is 2.36. The Bertz CT molecular complexity index is 318. The van der Waals surface area contributed by atoms with Crippen LogP contribution in [0.25, 0.3) is 0 Å². The predicted octanol–water partition coefficient (Wildman–Crippen LogP) is 3.24. The molecular weight excluding hydrogens is 200 g/mol. The van der Waals surface area contributed by atoms with Crippen molar-refractivity contribution in [2.24, 2.45) is 22.7 Å². The first kappa shape index (κ1) is 11.8. The molecule has 0 aromatic carbocycles. The summed E-state index contributed by atoms with van der Waals surface area (Å²) in [6.07, 6.45) is 1.61. The van der Waals surface area contributed by atoms with Crippen LogP contribution in [0.2, 0.25) is 0 Å². The highest BCUT2D eigenvalue weighted by molar-refractivity contribution is 6.07. The van der Waals surface area contributed by atoms with E-state index in [9.17, 15) is 9.59 Å². The van der Waals surface area contributed by atoms with Gasteiger partial charge in [-0.1, -0.05) is 41.5 Å². The van der Waals surface area contributed by atoms with Crippen molar-refractivity contribution in [1.82, 2.24) is 0 Å². The minimum atomic E-state index is -0.559. The van der Waals surface area contributed by atoms with Gasteiger partial charge in [-0.25, -0.2) is 0 Å². The van der Waals surface area contributed by atoms with Crippen LogP contribution in [0, 0.1) is 22.7 Å². The third-order valence-electron chi connectivity index (χ3n) is 3.58. The van der Waals surface area contributed by atoms with Gasteiger partial charge in [-0.3, -0.25) is 9.59 Å². The molecule has 1 saturated carbocycles. The lowest BCUT2D eigenvalue weighted by atomic mass is 9.62. The fourth-order valence-electron chi connectivity index (χ4n) is 2.27. The van der Waals surface area contributed by atoms with Crippen molar-refractivity contribution in [3.63, 3.8) is 0 Å². The normalized spacial score (nSPS) is 31.1. The molecule has 0 radical (unpaired) electrons. The smallest absolute Gasteiger partial charge is 0.149 e. The lowest BCUT2D eigenvalue weighted by Gasteiger charge is -2.39. The Balaban J connectivity index is 3.06. The molecule has 92 valence electrons. The Kier molecular flexibility index (Phi) is 2.93. The van der Waals surface area contributed by atoms with E-state index in [1.165, 1.54) is 0 Å². The Morgan fingerprint density at radius 2 is 2.00 bits per heavy atom. The number of Topliss-reactive ketones (excluding diaryl/α,β-unsaturated/α-hetero) is 2. The molecular formula is C14H24O2. The zero-order valence-corrected chi connectivity index (χ0v) is 11.1. The van der Waals surface area contributed by atoms with Crippen LogP contribution in [0.15, 0.2) is 0 Å². The van der Waals surface area contributed by atoms with Crippen LogP contribution in [-0.4, -0.2) is 11.6 Å². The second-order valence-corrected chi connectivity index (χ2v) is 6.64. The second kappa shape index (κ2) is 3.97. The fraction of sp³-hybridized carbons (Fsp3) is 0.857. The van der Waals surface area contributed by atoms with Crippen LogP contribution in [-0.2, 0) is 9.59 Å². The van der Waals surface area contributed by atoms with Crippen molar-refractivity contribution in [3.05, 3.63) is 0 Å². The number of hydrogen-bond acceptors (Lipinski definition) is 2. The van der Waals surface area contributed by atoms with Crippen LogP contribution < -0.4 is 0 Å². The van der Waals surface area contributed by atoms with Gasteiger partial charge in [0.1, 0.15) is 11.6 Å². The lowest BCUT2D eigenvalue weighted by Crippen LogP contribution is -2.46. The Labute approximate surface area is 100 Å². The van der Waals surface area contributed by atoms with E-state index in [1.54, 1.807) is 0 Å². The summed E-state index contributed by atoms with van der Waals surface area (Å²) in [7, 11) is 0. The molecule has 0 aromatic heterocycles. The van der Waals surface area contributed by atoms with Crippen molar-refractivity contribution < 1.29 is 11.0 Å². The zero-order valence-electron chi connectivity index (χ0n) is 12.1. The maximum Gasteiger partial charge on any atom is 0.149 e. The zero-order chi connectivity index (χ0) is 13.4. The molecule has 1 fully saturated rings. The summed E-state index contributed by atoms with van der Waals surface area (Å²) in [5, 5.41) is 0. The van der Waals surface area contributed by atoms with E-state index in [0.29, 0.717) is 0 Å². The van der Waals surface area contributed by atoms with Gasteiger partial charge in [0.05, 0.1) is 5.92 Å². The van der Waals surface area contributed by atoms with Crippen molar-refractivity contribution in [1.29, 1.82) is 0 Å². The maximum absolute atomic E-state index is 12.4. The summed E-state index contributed by atoms with van der Waals surface area (Å²) >= 11 is 0. The van der Waals surface area contributed by atoms with Gasteiger partial charge in [0.25, 0.3) is 0 Å². The molecule has 2 atom stereocenters. The van der Waals surface area contributed by atoms with Crippen LogP contribution in [0.5, 0.6) is 0 Å². The van der Waals surface area contributed by atoms with E-state index < -0.39 is 16.7 Å². The van der Waals surface area contributed by atoms with E-state index >= 15 is 0 Å². The molecule has 0 spiro atoms. The summed E-state index contributed by atoms with van der Waals surface area (Å²) < 4.78 is 7.54. The average molecular weight is 225 g/mol. The molecule has 1 aliphatic rings. The van der Waals surface area contributed by atoms with Gasteiger partial charge in [0.15, 0.2) is 0 Å². The molecule has 2 nitrogen and oxygen atoms in total. The largest absolute Gasteiger partial charge is 0.298 e. The van der Waals surface area contributed by atoms with Gasteiger partial charge >= 0.3 is 0 Å². The van der Waals surface area contributed by atoms with E-state index in [0.717, 1.165) is 12.8 Å². The summed E-state index contributed by atoms with van der Waals surface area (Å²) in [5.41, 5.74) is -0.904. The third-order valence-corrected chi connectivity index (χ3v) is 3.58. The second-order valence-electron chi connectivity index (χ2n) is 6.64. The number of carbonyl (C=O) groups excluding carboxylic acids is 2. The highest BCUT2D eigenvalue weighted by Crippen LogP contribution is 2.41. The van der Waals surface area contributed by atoms with Gasteiger partial charge in [-0.15, -0.1) is 0 Å². The van der Waals surface area contributed by atoms with Gasteiger partial charge in [0.2, 0.25) is 0 Å². The molecule has 2 heteroatoms. The summed E-state index contributed by atoms with van der Waals surface area (Å²) in [4.78, 5) is 24.8. The number of rotatable bonds is 1. The molecule has 0 amide bonds. The van der Waals surface area contributed by atoms with Crippen LogP contribution in [0.3, 0.4) is 0 Å². The van der Waals surface area contributed by atoms with Crippen molar-refractivity contribution >= 4 is 11.6 Å². The fourth-order valence-corrected chi connectivity index (χ4v) is 2.27. The summed E-state index contributed by atoms with van der Waals surface area (Å²) in [6, 6.07) is 0. The first-order chi connectivity index (χ1) is 7.61. The van der Waals surface area contributed by atoms with Gasteiger partial charge in [-0.2, -0.15) is 0 Å². The molecule has 0 bridgehead atoms. The van der Waals surface area contributed by atoms with Crippen LogP contribution in [0.1, 0.15) is 55.7 Å². The minimum Gasteiger partial charge on any atom is -0.298 e. The highest BCUT2D eigenvalue weighted by atomic mass is 16.2. The molecule has 0 aromatic rings. The first-order valence-electron chi connectivity index (χ1n) is 6.70. The molecule has 1 aliphatic carbocycles. The van der Waals surface area contributed by atoms with Gasteiger partial charge in [0, 0.05) is 12.2 Å². The molecule has 0 N–H and O–H groups in total. The first-order valence-corrected chi connectivity index (χ1v) is 5.99. The molecule has 1 rings (SSSR count). The van der Waals surface area contributed by atoms with E-state index in [4.69, 9.17) is 1.37 Å². The number of ketones is 2. The van der Waals surface area contributed by atoms with E-state index in [1.807, 2.05) is 34.6 Å². The molecule has 16 heavy (non-hydrogen) atoms. The van der Waals surface area contributed by atoms with Crippen molar-refractivity contribution in [2.45, 2.75) is 54.4 Å². The molecule has 2 unspecified atom stereocenters. The van der Waals surface area contributed by atoms with Crippen LogP contribution >= 0.6 is 0 Å². The standard InChI is InChI=1S/C14H24O2/c1-9-7-8-14(5,6)12(16)10(9)11(15)13(2,3)4/h9-10H,7-8H2,1-6H3/i1D. The van der Waals surface area contributed by atoms with E-state index in [-0.39, 0.29) is 24.4 Å². The molecule has 0 heterocycles. The minimum absolute atomic E-state index is 0.00697. The van der Waals surface area contributed by atoms with Crippen molar-refractivity contribution in [3.8, 4) is 0 Å². The quantitative estimate of drug-likeness (QED) is 0.642. The summed E-state index contributed by atoms with van der Waals surface area (Å²) in [5.74, 6) is -0.591. The SMILES string of the molecule is [2H]CC1CCC(C)(C)C(=O)C1C(=O)C(C)(C)C. The van der Waals surface area contributed by atoms with Gasteiger partial charge in [-0.05, 0) is 18.8 Å². The van der Waals surface area contributed by atoms with Crippen molar-refractivity contribution in [2.75, 3.05) is 0 Å². The Morgan fingerprint density at radius 3 is 2.44 bits per heavy atom. The maximum atomic E-state index is 12.4. The highest BCUT2D eigenvalue weighted by Gasteiger charge is 2.46. The topological polar surface area (TPSA) is 34.1 Å². The number of hydrogen-bond donors (Lipinski definition) is 0. The lowest BCUT2D eigenvalue weighted by molar-refractivity contribution is -0.147.